The first-order valence-electron chi connectivity index (χ1n) is 8.62. The van der Waals surface area contributed by atoms with Gasteiger partial charge in [-0.1, -0.05) is 58.3 Å². The maximum atomic E-state index is 11.9. The van der Waals surface area contributed by atoms with Crippen molar-refractivity contribution in [3.63, 3.8) is 0 Å². The van der Waals surface area contributed by atoms with Crippen LogP contribution >= 0.6 is 22.9 Å². The molecule has 0 aliphatic rings. The summed E-state index contributed by atoms with van der Waals surface area (Å²) in [6.45, 7) is 4.16. The molecule has 3 aromatic rings. The number of anilines is 3. The summed E-state index contributed by atoms with van der Waals surface area (Å²) in [5.74, 6) is -0.254. The van der Waals surface area contributed by atoms with Crippen LogP contribution in [0.5, 0.6) is 0 Å². The van der Waals surface area contributed by atoms with E-state index in [1.54, 1.807) is 0 Å². The molecule has 1 amide bonds. The third kappa shape index (κ3) is 5.80. The summed E-state index contributed by atoms with van der Waals surface area (Å²) in [7, 11) is 0. The van der Waals surface area contributed by atoms with Crippen molar-refractivity contribution < 1.29 is 4.79 Å². The number of hydrogen-bond acceptors (Lipinski definition) is 6. The first-order chi connectivity index (χ1) is 13.5. The van der Waals surface area contributed by atoms with Gasteiger partial charge in [-0.25, -0.2) is 10.4 Å². The molecule has 8 heteroatoms. The SMILES string of the molecule is Cc1ccc(NCC(=O)N/N=C/c2sc(Nc3ccc(C)cc3)nc2Cl)cc1. The first kappa shape index (κ1) is 19.9. The Hall–Kier alpha value is -2.90. The smallest absolute Gasteiger partial charge is 0.259 e. The summed E-state index contributed by atoms with van der Waals surface area (Å²) in [5, 5.41) is 11.2. The van der Waals surface area contributed by atoms with Crippen LogP contribution in [0.2, 0.25) is 5.15 Å². The minimum atomic E-state index is -0.254. The number of hydrazone groups is 1. The first-order valence-corrected chi connectivity index (χ1v) is 9.81. The zero-order chi connectivity index (χ0) is 19.9. The van der Waals surface area contributed by atoms with Crippen molar-refractivity contribution in [1.29, 1.82) is 0 Å². The largest absolute Gasteiger partial charge is 0.376 e. The predicted molar refractivity (Wildman–Crippen MR) is 117 cm³/mol. The van der Waals surface area contributed by atoms with Gasteiger partial charge >= 0.3 is 0 Å². The van der Waals surface area contributed by atoms with Crippen LogP contribution in [0, 0.1) is 13.8 Å². The lowest BCUT2D eigenvalue weighted by atomic mass is 10.2. The van der Waals surface area contributed by atoms with Crippen LogP contribution in [0.25, 0.3) is 0 Å². The molecule has 0 spiro atoms. The number of benzene rings is 2. The number of rotatable bonds is 7. The number of nitrogens with zero attached hydrogens (tertiary/aromatic N) is 2. The molecule has 0 bridgehead atoms. The second kappa shape index (κ2) is 9.34. The maximum absolute atomic E-state index is 11.9. The molecular weight excluding hydrogens is 394 g/mol. The third-order valence-electron chi connectivity index (χ3n) is 3.79. The van der Waals surface area contributed by atoms with Crippen molar-refractivity contribution in [3.8, 4) is 0 Å². The van der Waals surface area contributed by atoms with Gasteiger partial charge in [0, 0.05) is 11.4 Å². The highest BCUT2D eigenvalue weighted by atomic mass is 35.5. The Balaban J connectivity index is 1.51. The van der Waals surface area contributed by atoms with E-state index >= 15 is 0 Å². The minimum absolute atomic E-state index is 0.122. The van der Waals surface area contributed by atoms with E-state index in [2.05, 4.69) is 26.1 Å². The highest BCUT2D eigenvalue weighted by Gasteiger charge is 2.08. The number of aromatic nitrogens is 1. The second-order valence-corrected chi connectivity index (χ2v) is 7.57. The minimum Gasteiger partial charge on any atom is -0.376 e. The number of thiazole rings is 1. The van der Waals surface area contributed by atoms with Crippen LogP contribution in [0.15, 0.2) is 53.6 Å². The van der Waals surface area contributed by atoms with Gasteiger partial charge in [-0.05, 0) is 38.1 Å². The Bertz CT molecular complexity index is 967. The molecule has 0 aliphatic carbocycles. The van der Waals surface area contributed by atoms with Gasteiger partial charge in [-0.2, -0.15) is 5.10 Å². The fourth-order valence-electron chi connectivity index (χ4n) is 2.26. The Morgan fingerprint density at radius 3 is 2.32 bits per heavy atom. The zero-order valence-electron chi connectivity index (χ0n) is 15.5. The molecule has 0 radical (unpaired) electrons. The van der Waals surface area contributed by atoms with Gasteiger partial charge < -0.3 is 10.6 Å². The quantitative estimate of drug-likeness (QED) is 0.387. The van der Waals surface area contributed by atoms with Crippen molar-refractivity contribution in [2.45, 2.75) is 13.8 Å². The standard InChI is InChI=1S/C20H20ClN5OS/c1-13-3-7-15(8-4-13)22-12-18(27)26-23-11-17-19(21)25-20(28-17)24-16-9-5-14(2)6-10-16/h3-11,22H,12H2,1-2H3,(H,24,25)(H,26,27)/b23-11+. The van der Waals surface area contributed by atoms with E-state index in [9.17, 15) is 4.79 Å². The van der Waals surface area contributed by atoms with Crippen LogP contribution in [0.1, 0.15) is 16.0 Å². The van der Waals surface area contributed by atoms with Crippen molar-refractivity contribution in [2.24, 2.45) is 5.10 Å². The molecule has 3 rings (SSSR count). The van der Waals surface area contributed by atoms with Crippen LogP contribution in [-0.2, 0) is 4.79 Å². The number of aryl methyl sites for hydroxylation is 2. The molecule has 144 valence electrons. The van der Waals surface area contributed by atoms with Gasteiger partial charge in [-0.3, -0.25) is 4.79 Å². The molecule has 3 N–H and O–H groups in total. The molecule has 2 aromatic carbocycles. The summed E-state index contributed by atoms with van der Waals surface area (Å²) in [6, 6.07) is 15.8. The van der Waals surface area contributed by atoms with Crippen LogP contribution < -0.4 is 16.1 Å². The van der Waals surface area contributed by atoms with E-state index in [0.29, 0.717) is 15.2 Å². The molecule has 0 unspecified atom stereocenters. The van der Waals surface area contributed by atoms with Gasteiger partial charge in [0.1, 0.15) is 0 Å². The summed E-state index contributed by atoms with van der Waals surface area (Å²) >= 11 is 7.50. The van der Waals surface area contributed by atoms with Crippen molar-refractivity contribution >= 4 is 51.6 Å². The summed E-state index contributed by atoms with van der Waals surface area (Å²) < 4.78 is 0. The summed E-state index contributed by atoms with van der Waals surface area (Å²) in [5.41, 5.74) is 6.62. The van der Waals surface area contributed by atoms with Crippen LogP contribution in [0.4, 0.5) is 16.5 Å². The highest BCUT2D eigenvalue weighted by molar-refractivity contribution is 7.17. The lowest BCUT2D eigenvalue weighted by Crippen LogP contribution is -2.25. The Morgan fingerprint density at radius 2 is 1.68 bits per heavy atom. The topological polar surface area (TPSA) is 78.4 Å². The van der Waals surface area contributed by atoms with E-state index in [1.807, 2.05) is 62.4 Å². The van der Waals surface area contributed by atoms with E-state index in [-0.39, 0.29) is 12.5 Å². The summed E-state index contributed by atoms with van der Waals surface area (Å²) in [6.07, 6.45) is 1.49. The molecule has 0 atom stereocenters. The number of hydrogen-bond donors (Lipinski definition) is 3. The van der Waals surface area contributed by atoms with Gasteiger partial charge in [0.2, 0.25) is 0 Å². The Labute approximate surface area is 172 Å². The monoisotopic (exact) mass is 413 g/mol. The van der Waals surface area contributed by atoms with Gasteiger partial charge in [0.25, 0.3) is 5.91 Å². The van der Waals surface area contributed by atoms with Crippen LogP contribution in [0.3, 0.4) is 0 Å². The Morgan fingerprint density at radius 1 is 1.07 bits per heavy atom. The fraction of sp³-hybridized carbons (Fsp3) is 0.150. The molecule has 0 saturated heterocycles. The van der Waals surface area contributed by atoms with Crippen molar-refractivity contribution in [1.82, 2.24) is 10.4 Å². The van der Waals surface area contributed by atoms with Crippen LogP contribution in [-0.4, -0.2) is 23.7 Å². The van der Waals surface area contributed by atoms with Gasteiger partial charge in [0.15, 0.2) is 10.3 Å². The molecule has 1 aromatic heterocycles. The van der Waals surface area contributed by atoms with E-state index < -0.39 is 0 Å². The normalized spacial score (nSPS) is 10.8. The number of halogens is 1. The van der Waals surface area contributed by atoms with E-state index in [0.717, 1.165) is 16.9 Å². The number of carbonyl (C=O) groups excluding carboxylic acids is 1. The number of amides is 1. The van der Waals surface area contributed by atoms with Gasteiger partial charge in [0.05, 0.1) is 17.6 Å². The summed E-state index contributed by atoms with van der Waals surface area (Å²) in [4.78, 5) is 16.8. The highest BCUT2D eigenvalue weighted by Crippen LogP contribution is 2.28. The zero-order valence-corrected chi connectivity index (χ0v) is 17.1. The Kier molecular flexibility index (Phi) is 6.62. The molecular formula is C20H20ClN5OS. The van der Waals surface area contributed by atoms with Gasteiger partial charge in [-0.15, -0.1) is 0 Å². The molecule has 0 saturated carbocycles. The molecule has 6 nitrogen and oxygen atoms in total. The van der Waals surface area contributed by atoms with E-state index in [1.165, 1.54) is 23.1 Å². The van der Waals surface area contributed by atoms with Crippen molar-refractivity contribution in [2.75, 3.05) is 17.2 Å². The molecule has 28 heavy (non-hydrogen) atoms. The number of nitrogens with one attached hydrogen (secondary N) is 3. The average Bonchev–Trinajstić information content (AvgIpc) is 3.02. The van der Waals surface area contributed by atoms with E-state index in [4.69, 9.17) is 11.6 Å². The fourth-order valence-corrected chi connectivity index (χ4v) is 3.31. The predicted octanol–water partition coefficient (Wildman–Crippen LogP) is 4.72. The maximum Gasteiger partial charge on any atom is 0.259 e. The molecule has 1 heterocycles. The molecule has 0 fully saturated rings. The average molecular weight is 414 g/mol. The van der Waals surface area contributed by atoms with Crippen molar-refractivity contribution in [3.05, 3.63) is 69.7 Å². The second-order valence-electron chi connectivity index (χ2n) is 6.18. The third-order valence-corrected chi connectivity index (χ3v) is 5.09. The lowest BCUT2D eigenvalue weighted by Gasteiger charge is -2.05. The number of carbonyl (C=O) groups is 1. The molecule has 0 aliphatic heterocycles. The lowest BCUT2D eigenvalue weighted by molar-refractivity contribution is -0.119.